The normalized spacial score (nSPS) is 22.5. The largest absolute Gasteiger partial charge is 0.445 e. The van der Waals surface area contributed by atoms with Gasteiger partial charge in [0.15, 0.2) is 5.44 Å². The van der Waals surface area contributed by atoms with Crippen molar-refractivity contribution in [2.75, 3.05) is 5.75 Å². The third-order valence-electron chi connectivity index (χ3n) is 3.74. The average molecular weight is 360 g/mol. The van der Waals surface area contributed by atoms with Crippen molar-refractivity contribution in [2.24, 2.45) is 0 Å². The summed E-state index contributed by atoms with van der Waals surface area (Å²) in [5, 5.41) is 0. The maximum absolute atomic E-state index is 14.1. The van der Waals surface area contributed by atoms with Crippen LogP contribution in [0.15, 0.2) is 60.7 Å². The van der Waals surface area contributed by atoms with Crippen LogP contribution in [0, 0.1) is 0 Å². The number of ether oxygens (including phenoxy) is 2. The second kappa shape index (κ2) is 8.07. The first-order valence-electron chi connectivity index (χ1n) is 7.83. The summed E-state index contributed by atoms with van der Waals surface area (Å²) in [6, 6.07) is 17.0. The fourth-order valence-electron chi connectivity index (χ4n) is 2.42. The first kappa shape index (κ1) is 17.4. The Hall–Kier alpha value is -2.47. The van der Waals surface area contributed by atoms with Crippen LogP contribution in [0.5, 0.6) is 0 Å². The molecular weight excluding hydrogens is 343 g/mol. The molecule has 2 aromatic carbocycles. The van der Waals surface area contributed by atoms with Gasteiger partial charge in [-0.15, -0.1) is 10.5 Å². The number of esters is 2. The van der Waals surface area contributed by atoms with Crippen LogP contribution in [0.4, 0.5) is 4.39 Å². The van der Waals surface area contributed by atoms with Crippen LogP contribution in [-0.2, 0) is 9.47 Å². The highest BCUT2D eigenvalue weighted by Crippen LogP contribution is 2.37. The third-order valence-corrected chi connectivity index (χ3v) is 5.78. The lowest BCUT2D eigenvalue weighted by Gasteiger charge is -2.16. The van der Waals surface area contributed by atoms with Crippen molar-refractivity contribution in [3.63, 3.8) is 0 Å². The molecule has 1 aliphatic heterocycles. The fourth-order valence-corrected chi connectivity index (χ4v) is 4.30. The molecule has 0 amide bonds. The first-order chi connectivity index (χ1) is 12.1. The molecule has 6 heteroatoms. The van der Waals surface area contributed by atoms with E-state index in [1.807, 2.05) is 0 Å². The van der Waals surface area contributed by atoms with E-state index in [9.17, 15) is 14.0 Å². The van der Waals surface area contributed by atoms with E-state index in [-0.39, 0.29) is 6.42 Å². The van der Waals surface area contributed by atoms with Gasteiger partial charge in [-0.25, -0.2) is 14.0 Å². The molecule has 0 spiro atoms. The number of benzene rings is 2. The van der Waals surface area contributed by atoms with Crippen LogP contribution in [0.2, 0.25) is 0 Å². The van der Waals surface area contributed by atoms with E-state index in [2.05, 4.69) is 0 Å². The van der Waals surface area contributed by atoms with Crippen molar-refractivity contribution in [3.05, 3.63) is 71.8 Å². The predicted octanol–water partition coefficient (Wildman–Crippen LogP) is 3.80. The Bertz CT molecular complexity index is 777. The topological polar surface area (TPSA) is 52.6 Å². The Morgan fingerprint density at radius 1 is 0.960 bits per heavy atom. The molecule has 0 bridgehead atoms. The van der Waals surface area contributed by atoms with E-state index in [4.69, 9.17) is 9.47 Å². The van der Waals surface area contributed by atoms with E-state index in [1.165, 1.54) is 5.55 Å². The van der Waals surface area contributed by atoms with Gasteiger partial charge in [-0.3, -0.25) is 0 Å². The zero-order valence-electron chi connectivity index (χ0n) is 13.3. The maximum atomic E-state index is 14.1. The van der Waals surface area contributed by atoms with Crippen LogP contribution in [0.1, 0.15) is 27.1 Å². The molecule has 0 radical (unpaired) electrons. The highest BCUT2D eigenvalue weighted by molar-refractivity contribution is 8.15. The molecule has 1 heterocycles. The lowest BCUT2D eigenvalue weighted by atomic mass is 10.2. The van der Waals surface area contributed by atoms with Crippen LogP contribution >= 0.6 is 10.5 Å². The summed E-state index contributed by atoms with van der Waals surface area (Å²) in [4.78, 5) is 24.1. The van der Waals surface area contributed by atoms with Crippen molar-refractivity contribution in [3.8, 4) is 0 Å². The van der Waals surface area contributed by atoms with Gasteiger partial charge >= 0.3 is 11.9 Å². The molecule has 3 rings (SSSR count). The lowest BCUT2D eigenvalue weighted by Crippen LogP contribution is -2.22. The van der Waals surface area contributed by atoms with Gasteiger partial charge in [-0.1, -0.05) is 36.4 Å². The summed E-state index contributed by atoms with van der Waals surface area (Å²) in [5.74, 6) is -0.602. The molecule has 1 aliphatic rings. The minimum atomic E-state index is -1.26. The van der Waals surface area contributed by atoms with E-state index in [0.717, 1.165) is 0 Å². The molecule has 1 fully saturated rings. The number of carbonyl (C=O) groups is 2. The van der Waals surface area contributed by atoms with E-state index in [1.54, 1.807) is 60.7 Å². The van der Waals surface area contributed by atoms with Crippen LogP contribution in [-0.4, -0.2) is 34.9 Å². The van der Waals surface area contributed by atoms with E-state index < -0.39 is 34.0 Å². The van der Waals surface area contributed by atoms with Crippen molar-refractivity contribution in [2.45, 2.75) is 18.0 Å². The molecule has 0 saturated carbocycles. The molecular formula is C19H17FO4S. The van der Waals surface area contributed by atoms with Gasteiger partial charge in [0.05, 0.1) is 11.1 Å². The number of rotatable bonds is 4. The standard InChI is InChI=1S/C19H17FO4S/c20-16-11-12-25(13-23-17(21)14-7-3-1-4-8-14)19(16)24-18(22)15-9-5-2-6-10-15/h1-10,13,16,19H,11-12H2/t16-,19?,25?/m0/s1. The van der Waals surface area contributed by atoms with Gasteiger partial charge in [0.1, 0.15) is 11.7 Å². The molecule has 3 atom stereocenters. The van der Waals surface area contributed by atoms with Crippen LogP contribution < -0.4 is 0 Å². The lowest BCUT2D eigenvalue weighted by molar-refractivity contribution is 0.0336. The quantitative estimate of drug-likeness (QED) is 0.615. The summed E-state index contributed by atoms with van der Waals surface area (Å²) in [6.07, 6.45) is -0.988. The van der Waals surface area contributed by atoms with Gasteiger partial charge in [0.25, 0.3) is 0 Å². The minimum Gasteiger partial charge on any atom is -0.445 e. The van der Waals surface area contributed by atoms with Gasteiger partial charge in [0.2, 0.25) is 0 Å². The SMILES string of the molecule is O=C(OC=S1CC[C@H](F)C1OC(=O)c1ccccc1)c1ccccc1. The van der Waals surface area contributed by atoms with Crippen molar-refractivity contribution in [1.82, 2.24) is 0 Å². The highest BCUT2D eigenvalue weighted by Gasteiger charge is 2.35. The van der Waals surface area contributed by atoms with Crippen LogP contribution in [0.25, 0.3) is 0 Å². The number of carbonyl (C=O) groups excluding carboxylic acids is 2. The van der Waals surface area contributed by atoms with Crippen molar-refractivity contribution >= 4 is 28.0 Å². The summed E-state index contributed by atoms with van der Waals surface area (Å²) in [7, 11) is -0.770. The summed E-state index contributed by atoms with van der Waals surface area (Å²) in [5.41, 5.74) is 1.18. The van der Waals surface area contributed by atoms with Gasteiger partial charge in [-0.05, 0) is 36.4 Å². The van der Waals surface area contributed by atoms with Crippen LogP contribution in [0.3, 0.4) is 0 Å². The van der Waals surface area contributed by atoms with Crippen molar-refractivity contribution < 1.29 is 23.5 Å². The number of hydrogen-bond acceptors (Lipinski definition) is 4. The number of hydrogen-bond donors (Lipinski definition) is 0. The zero-order chi connectivity index (χ0) is 17.6. The second-order valence-corrected chi connectivity index (χ2v) is 7.49. The molecule has 25 heavy (non-hydrogen) atoms. The molecule has 4 nitrogen and oxygen atoms in total. The Kier molecular flexibility index (Phi) is 5.60. The fraction of sp³-hybridized carbons (Fsp3) is 0.211. The molecule has 0 aliphatic carbocycles. The molecule has 130 valence electrons. The number of halogens is 1. The van der Waals surface area contributed by atoms with Crippen molar-refractivity contribution in [1.29, 1.82) is 0 Å². The molecule has 2 unspecified atom stereocenters. The van der Waals surface area contributed by atoms with E-state index >= 15 is 0 Å². The van der Waals surface area contributed by atoms with Gasteiger partial charge in [-0.2, -0.15) is 0 Å². The van der Waals surface area contributed by atoms with E-state index in [0.29, 0.717) is 16.9 Å². The maximum Gasteiger partial charge on any atom is 0.343 e. The first-order valence-corrected chi connectivity index (χ1v) is 9.35. The second-order valence-electron chi connectivity index (χ2n) is 5.49. The number of alkyl halides is 1. The third kappa shape index (κ3) is 4.33. The molecule has 2 aromatic rings. The Morgan fingerprint density at radius 3 is 2.12 bits per heavy atom. The Labute approximate surface area is 147 Å². The summed E-state index contributed by atoms with van der Waals surface area (Å²) in [6.45, 7) is 0. The molecule has 1 saturated heterocycles. The zero-order valence-corrected chi connectivity index (χ0v) is 14.2. The predicted molar refractivity (Wildman–Crippen MR) is 95.5 cm³/mol. The Balaban J connectivity index is 1.68. The summed E-state index contributed by atoms with van der Waals surface area (Å²) < 4.78 is 24.6. The molecule has 0 aromatic heterocycles. The molecule has 0 N–H and O–H groups in total. The monoisotopic (exact) mass is 360 g/mol. The Morgan fingerprint density at radius 2 is 1.52 bits per heavy atom. The smallest absolute Gasteiger partial charge is 0.343 e. The van der Waals surface area contributed by atoms with Gasteiger partial charge < -0.3 is 9.47 Å². The minimum absolute atomic E-state index is 0.273. The van der Waals surface area contributed by atoms with Gasteiger partial charge in [0, 0.05) is 0 Å². The average Bonchev–Trinajstić information content (AvgIpc) is 3.01. The highest BCUT2D eigenvalue weighted by atomic mass is 32.2. The summed E-state index contributed by atoms with van der Waals surface area (Å²) >= 11 is 0.